The van der Waals surface area contributed by atoms with Gasteiger partial charge in [0.25, 0.3) is 0 Å². The van der Waals surface area contributed by atoms with E-state index in [4.69, 9.17) is 10.5 Å². The maximum absolute atomic E-state index is 5.95. The number of nitrogens with two attached hydrogens (primary N) is 1. The van der Waals surface area contributed by atoms with Gasteiger partial charge in [-0.2, -0.15) is 11.8 Å². The average Bonchev–Trinajstić information content (AvgIpc) is 2.31. The minimum absolute atomic E-state index is 0.151. The van der Waals surface area contributed by atoms with Gasteiger partial charge in [0.2, 0.25) is 0 Å². The highest BCUT2D eigenvalue weighted by atomic mass is 32.2. The third-order valence-corrected chi connectivity index (χ3v) is 4.10. The van der Waals surface area contributed by atoms with Crippen molar-refractivity contribution in [2.45, 2.75) is 32.1 Å². The van der Waals surface area contributed by atoms with Crippen molar-refractivity contribution in [3.8, 4) is 5.75 Å². The molecule has 1 unspecified atom stereocenters. The predicted octanol–water partition coefficient (Wildman–Crippen LogP) is 3.00. The Morgan fingerprint density at radius 2 is 2.22 bits per heavy atom. The predicted molar refractivity (Wildman–Crippen MR) is 80.8 cm³/mol. The molecule has 1 heterocycles. The zero-order valence-corrected chi connectivity index (χ0v) is 12.2. The van der Waals surface area contributed by atoms with Crippen LogP contribution in [0.25, 0.3) is 0 Å². The standard InChI is InChI=1S/C14H22N2OS/c1-10(2)17-14-8-12(4-5-13(14)15)16-6-7-18-11(3)9-16/h4-5,8,10-11H,6-7,9,15H2,1-3H3. The summed E-state index contributed by atoms with van der Waals surface area (Å²) in [6.45, 7) is 8.51. The molecule has 0 spiro atoms. The van der Waals surface area contributed by atoms with Crippen LogP contribution in [0, 0.1) is 0 Å². The Balaban J connectivity index is 2.17. The molecule has 1 atom stereocenters. The van der Waals surface area contributed by atoms with Crippen molar-refractivity contribution >= 4 is 23.1 Å². The maximum Gasteiger partial charge on any atom is 0.144 e. The fourth-order valence-corrected chi connectivity index (χ4v) is 3.14. The summed E-state index contributed by atoms with van der Waals surface area (Å²) in [5.41, 5.74) is 7.88. The van der Waals surface area contributed by atoms with E-state index in [-0.39, 0.29) is 6.10 Å². The first-order valence-electron chi connectivity index (χ1n) is 6.49. The third-order valence-electron chi connectivity index (χ3n) is 2.97. The summed E-state index contributed by atoms with van der Waals surface area (Å²) in [6.07, 6.45) is 0.151. The highest BCUT2D eigenvalue weighted by molar-refractivity contribution is 8.00. The van der Waals surface area contributed by atoms with Crippen molar-refractivity contribution in [2.75, 3.05) is 29.5 Å². The number of ether oxygens (including phenoxy) is 1. The number of rotatable bonds is 3. The van der Waals surface area contributed by atoms with Crippen molar-refractivity contribution in [1.29, 1.82) is 0 Å². The largest absolute Gasteiger partial charge is 0.489 e. The van der Waals surface area contributed by atoms with E-state index in [9.17, 15) is 0 Å². The van der Waals surface area contributed by atoms with Gasteiger partial charge in [0, 0.05) is 35.8 Å². The second kappa shape index (κ2) is 5.74. The van der Waals surface area contributed by atoms with E-state index >= 15 is 0 Å². The zero-order chi connectivity index (χ0) is 13.1. The molecule has 0 aliphatic carbocycles. The first-order chi connectivity index (χ1) is 8.56. The summed E-state index contributed by atoms with van der Waals surface area (Å²) < 4.78 is 5.75. The van der Waals surface area contributed by atoms with Crippen molar-refractivity contribution in [1.82, 2.24) is 0 Å². The third kappa shape index (κ3) is 3.25. The molecule has 1 saturated heterocycles. The number of hydrogen-bond donors (Lipinski definition) is 1. The first kappa shape index (κ1) is 13.4. The van der Waals surface area contributed by atoms with Crippen LogP contribution in [-0.4, -0.2) is 30.2 Å². The lowest BCUT2D eigenvalue weighted by atomic mass is 10.2. The van der Waals surface area contributed by atoms with Crippen LogP contribution in [0.5, 0.6) is 5.75 Å². The number of nitrogen functional groups attached to an aromatic ring is 1. The lowest BCUT2D eigenvalue weighted by Crippen LogP contribution is -2.36. The topological polar surface area (TPSA) is 38.5 Å². The van der Waals surface area contributed by atoms with Gasteiger partial charge >= 0.3 is 0 Å². The molecule has 2 rings (SSSR count). The molecular weight excluding hydrogens is 244 g/mol. The molecule has 0 amide bonds. The van der Waals surface area contributed by atoms with Crippen LogP contribution in [0.4, 0.5) is 11.4 Å². The van der Waals surface area contributed by atoms with Gasteiger partial charge in [-0.3, -0.25) is 0 Å². The Bertz CT molecular complexity index is 409. The van der Waals surface area contributed by atoms with E-state index < -0.39 is 0 Å². The van der Waals surface area contributed by atoms with Crippen LogP contribution < -0.4 is 15.4 Å². The Morgan fingerprint density at radius 1 is 1.44 bits per heavy atom. The molecule has 100 valence electrons. The lowest BCUT2D eigenvalue weighted by Gasteiger charge is -2.32. The molecule has 0 bridgehead atoms. The molecule has 2 N–H and O–H groups in total. The highest BCUT2D eigenvalue weighted by Gasteiger charge is 2.18. The Kier molecular flexibility index (Phi) is 4.27. The van der Waals surface area contributed by atoms with Crippen LogP contribution in [0.3, 0.4) is 0 Å². The minimum Gasteiger partial charge on any atom is -0.489 e. The lowest BCUT2D eigenvalue weighted by molar-refractivity contribution is 0.244. The summed E-state index contributed by atoms with van der Waals surface area (Å²) in [7, 11) is 0. The maximum atomic E-state index is 5.95. The van der Waals surface area contributed by atoms with Crippen molar-refractivity contribution < 1.29 is 4.74 Å². The van der Waals surface area contributed by atoms with E-state index in [2.05, 4.69) is 24.0 Å². The molecule has 0 aromatic heterocycles. The normalized spacial score (nSPS) is 20.2. The second-order valence-electron chi connectivity index (χ2n) is 5.02. The van der Waals surface area contributed by atoms with Crippen LogP contribution in [0.15, 0.2) is 18.2 Å². The molecule has 3 nitrogen and oxygen atoms in total. The van der Waals surface area contributed by atoms with Crippen LogP contribution >= 0.6 is 11.8 Å². The van der Waals surface area contributed by atoms with E-state index in [1.165, 1.54) is 11.4 Å². The van der Waals surface area contributed by atoms with E-state index in [0.29, 0.717) is 10.9 Å². The van der Waals surface area contributed by atoms with Gasteiger partial charge in [-0.05, 0) is 26.0 Å². The fraction of sp³-hybridized carbons (Fsp3) is 0.571. The molecule has 1 aliphatic heterocycles. The summed E-state index contributed by atoms with van der Waals surface area (Å²) in [5, 5.41) is 0.686. The number of hydrogen-bond acceptors (Lipinski definition) is 4. The monoisotopic (exact) mass is 266 g/mol. The highest BCUT2D eigenvalue weighted by Crippen LogP contribution is 2.31. The zero-order valence-electron chi connectivity index (χ0n) is 11.3. The molecule has 0 saturated carbocycles. The summed E-state index contributed by atoms with van der Waals surface area (Å²) >= 11 is 2.04. The number of thioether (sulfide) groups is 1. The first-order valence-corrected chi connectivity index (χ1v) is 7.54. The van der Waals surface area contributed by atoms with Gasteiger partial charge in [0.15, 0.2) is 0 Å². The number of nitrogens with zero attached hydrogens (tertiary/aromatic N) is 1. The van der Waals surface area contributed by atoms with E-state index in [1.54, 1.807) is 0 Å². The van der Waals surface area contributed by atoms with Gasteiger partial charge in [0.1, 0.15) is 5.75 Å². The Labute approximate surface area is 114 Å². The molecule has 1 aliphatic rings. The van der Waals surface area contributed by atoms with Crippen molar-refractivity contribution in [2.24, 2.45) is 0 Å². The molecule has 1 aromatic carbocycles. The molecular formula is C14H22N2OS. The average molecular weight is 266 g/mol. The minimum atomic E-state index is 0.151. The van der Waals surface area contributed by atoms with Gasteiger partial charge in [-0.15, -0.1) is 0 Å². The second-order valence-corrected chi connectivity index (χ2v) is 6.56. The Morgan fingerprint density at radius 3 is 2.89 bits per heavy atom. The summed E-state index contributed by atoms with van der Waals surface area (Å²) in [5.74, 6) is 1.99. The Hall–Kier alpha value is -1.03. The van der Waals surface area contributed by atoms with Gasteiger partial charge in [-0.1, -0.05) is 6.92 Å². The fourth-order valence-electron chi connectivity index (χ4n) is 2.13. The SMILES string of the molecule is CC(C)Oc1cc(N2CCSC(C)C2)ccc1N. The van der Waals surface area contributed by atoms with Crippen LogP contribution in [-0.2, 0) is 0 Å². The molecule has 4 heteroatoms. The van der Waals surface area contributed by atoms with E-state index in [1.807, 2.05) is 31.7 Å². The van der Waals surface area contributed by atoms with Crippen LogP contribution in [0.2, 0.25) is 0 Å². The van der Waals surface area contributed by atoms with Crippen molar-refractivity contribution in [3.05, 3.63) is 18.2 Å². The molecule has 1 fully saturated rings. The van der Waals surface area contributed by atoms with Crippen LogP contribution in [0.1, 0.15) is 20.8 Å². The van der Waals surface area contributed by atoms with E-state index in [0.717, 1.165) is 18.8 Å². The number of benzene rings is 1. The quantitative estimate of drug-likeness (QED) is 0.854. The molecule has 1 aromatic rings. The van der Waals surface area contributed by atoms with Gasteiger partial charge in [0.05, 0.1) is 11.8 Å². The summed E-state index contributed by atoms with van der Waals surface area (Å²) in [4.78, 5) is 2.41. The molecule has 18 heavy (non-hydrogen) atoms. The number of anilines is 2. The van der Waals surface area contributed by atoms with Crippen molar-refractivity contribution in [3.63, 3.8) is 0 Å². The smallest absolute Gasteiger partial charge is 0.144 e. The molecule has 0 radical (unpaired) electrons. The van der Waals surface area contributed by atoms with Gasteiger partial charge in [-0.25, -0.2) is 0 Å². The summed E-state index contributed by atoms with van der Waals surface area (Å²) in [6, 6.07) is 6.10. The van der Waals surface area contributed by atoms with Gasteiger partial charge < -0.3 is 15.4 Å².